The van der Waals surface area contributed by atoms with Crippen molar-refractivity contribution in [2.45, 2.75) is 26.9 Å². The summed E-state index contributed by atoms with van der Waals surface area (Å²) in [4.78, 5) is 4.16. The van der Waals surface area contributed by atoms with Gasteiger partial charge in [0, 0.05) is 5.71 Å². The molecule has 0 aliphatic rings. The number of benzene rings is 1. The molecule has 1 rings (SSSR count). The van der Waals surface area contributed by atoms with Gasteiger partial charge < -0.3 is 0 Å². The summed E-state index contributed by atoms with van der Waals surface area (Å²) in [6.07, 6.45) is 0.824. The van der Waals surface area contributed by atoms with Gasteiger partial charge in [0.2, 0.25) is 0 Å². The minimum atomic E-state index is -4.43. The standard InChI is InChI=1S/C19H20F3N.C2H4/c1-6-15(13(3)4)12-16(7-2)14(5)23-18-11-9-8-10-17(18)19(20,21)22;1-2/h6-12H,1,3H2,2,4-5H3;1-2H2/b15-12-,16-7+,23-14?;. The van der Waals surface area contributed by atoms with E-state index in [0.717, 1.165) is 22.8 Å². The predicted octanol–water partition coefficient (Wildman–Crippen LogP) is 7.23. The molecule has 0 amide bonds. The lowest BCUT2D eigenvalue weighted by Gasteiger charge is -2.11. The molecule has 4 heteroatoms. The molecule has 0 spiro atoms. The van der Waals surface area contributed by atoms with Crippen LogP contribution in [-0.4, -0.2) is 5.71 Å². The second-order valence-electron chi connectivity index (χ2n) is 5.04. The first kappa shape index (κ1) is 22.4. The largest absolute Gasteiger partial charge is 0.418 e. The summed E-state index contributed by atoms with van der Waals surface area (Å²) >= 11 is 0. The maximum Gasteiger partial charge on any atom is 0.418 e. The Morgan fingerprint density at radius 2 is 1.64 bits per heavy atom. The van der Waals surface area contributed by atoms with Crippen LogP contribution in [0, 0.1) is 0 Å². The van der Waals surface area contributed by atoms with Crippen molar-refractivity contribution in [1.82, 2.24) is 0 Å². The molecule has 0 aliphatic carbocycles. The summed E-state index contributed by atoms with van der Waals surface area (Å²) in [6, 6.07) is 5.27. The number of alkyl halides is 3. The third-order valence-corrected chi connectivity index (χ3v) is 3.25. The molecule has 0 heterocycles. The van der Waals surface area contributed by atoms with Crippen molar-refractivity contribution >= 4 is 11.4 Å². The Morgan fingerprint density at radius 1 is 1.08 bits per heavy atom. The van der Waals surface area contributed by atoms with Crippen molar-refractivity contribution in [3.8, 4) is 0 Å². The Labute approximate surface area is 148 Å². The van der Waals surface area contributed by atoms with Crippen LogP contribution >= 0.6 is 0 Å². The van der Waals surface area contributed by atoms with Crippen LogP contribution in [0.3, 0.4) is 0 Å². The molecule has 1 nitrogen and oxygen atoms in total. The number of para-hydroxylation sites is 1. The molecule has 25 heavy (non-hydrogen) atoms. The van der Waals surface area contributed by atoms with Crippen LogP contribution < -0.4 is 0 Å². The van der Waals surface area contributed by atoms with E-state index in [1.807, 2.05) is 13.0 Å². The average molecular weight is 347 g/mol. The van der Waals surface area contributed by atoms with Crippen LogP contribution in [-0.2, 0) is 6.18 Å². The van der Waals surface area contributed by atoms with Gasteiger partial charge in [-0.15, -0.1) is 13.2 Å². The van der Waals surface area contributed by atoms with Crippen molar-refractivity contribution in [3.05, 3.63) is 91.1 Å². The van der Waals surface area contributed by atoms with Gasteiger partial charge in [0.25, 0.3) is 0 Å². The monoisotopic (exact) mass is 347 g/mol. The molecule has 0 N–H and O–H groups in total. The lowest BCUT2D eigenvalue weighted by Crippen LogP contribution is -2.05. The van der Waals surface area contributed by atoms with Gasteiger partial charge in [-0.05, 0) is 50.1 Å². The fourth-order valence-corrected chi connectivity index (χ4v) is 1.98. The number of halogens is 3. The quantitative estimate of drug-likeness (QED) is 0.302. The van der Waals surface area contributed by atoms with Gasteiger partial charge in [0.15, 0.2) is 0 Å². The third-order valence-electron chi connectivity index (χ3n) is 3.25. The van der Waals surface area contributed by atoms with E-state index in [0.29, 0.717) is 5.71 Å². The number of aliphatic imine (C=N–C) groups is 1. The fraction of sp³-hybridized carbons (Fsp3) is 0.190. The highest BCUT2D eigenvalue weighted by molar-refractivity contribution is 6.02. The van der Waals surface area contributed by atoms with Gasteiger partial charge in [0.05, 0.1) is 11.3 Å². The first-order valence-corrected chi connectivity index (χ1v) is 7.59. The molecule has 0 saturated heterocycles. The molecule has 0 atom stereocenters. The van der Waals surface area contributed by atoms with Crippen LogP contribution in [0.4, 0.5) is 18.9 Å². The Bertz CT molecular complexity index is 704. The maximum absolute atomic E-state index is 13.0. The lowest BCUT2D eigenvalue weighted by molar-refractivity contribution is -0.137. The van der Waals surface area contributed by atoms with E-state index in [1.165, 1.54) is 18.2 Å². The van der Waals surface area contributed by atoms with E-state index >= 15 is 0 Å². The highest BCUT2D eigenvalue weighted by Gasteiger charge is 2.33. The van der Waals surface area contributed by atoms with Crippen LogP contribution in [0.1, 0.15) is 26.3 Å². The molecular weight excluding hydrogens is 323 g/mol. The molecule has 0 fully saturated rings. The van der Waals surface area contributed by atoms with Gasteiger partial charge in [-0.2, -0.15) is 13.2 Å². The number of allylic oxidation sites excluding steroid dienone is 6. The molecule has 1 aromatic rings. The van der Waals surface area contributed by atoms with Gasteiger partial charge in [-0.1, -0.05) is 43.0 Å². The summed E-state index contributed by atoms with van der Waals surface area (Å²) in [5.74, 6) is 0. The topological polar surface area (TPSA) is 12.4 Å². The average Bonchev–Trinajstić information content (AvgIpc) is 2.56. The lowest BCUT2D eigenvalue weighted by atomic mass is 10.0. The van der Waals surface area contributed by atoms with Crippen LogP contribution in [0.25, 0.3) is 0 Å². The highest BCUT2D eigenvalue weighted by Crippen LogP contribution is 2.36. The van der Waals surface area contributed by atoms with Gasteiger partial charge >= 0.3 is 6.18 Å². The van der Waals surface area contributed by atoms with Crippen molar-refractivity contribution in [1.29, 1.82) is 0 Å². The summed E-state index contributed by atoms with van der Waals surface area (Å²) in [7, 11) is 0. The SMILES string of the molecule is C=C.C=C/C(=C/C(=C\C)C(C)=Nc1ccccc1C(F)(F)F)C(=C)C. The minimum Gasteiger partial charge on any atom is -0.253 e. The van der Waals surface area contributed by atoms with Crippen molar-refractivity contribution < 1.29 is 13.2 Å². The minimum absolute atomic E-state index is 0.0965. The van der Waals surface area contributed by atoms with Gasteiger partial charge in [0.1, 0.15) is 0 Å². The van der Waals surface area contributed by atoms with E-state index in [2.05, 4.69) is 31.3 Å². The van der Waals surface area contributed by atoms with Crippen LogP contribution in [0.5, 0.6) is 0 Å². The zero-order chi connectivity index (χ0) is 19.6. The van der Waals surface area contributed by atoms with E-state index < -0.39 is 11.7 Å². The highest BCUT2D eigenvalue weighted by atomic mass is 19.4. The Balaban J connectivity index is 0.00000277. The molecule has 0 aromatic heterocycles. The van der Waals surface area contributed by atoms with Gasteiger partial charge in [-0.3, -0.25) is 4.99 Å². The van der Waals surface area contributed by atoms with Gasteiger partial charge in [-0.25, -0.2) is 0 Å². The number of rotatable bonds is 5. The van der Waals surface area contributed by atoms with Crippen LogP contribution in [0.2, 0.25) is 0 Å². The summed E-state index contributed by atoms with van der Waals surface area (Å²) in [5.41, 5.74) is 2.01. The third kappa shape index (κ3) is 6.79. The zero-order valence-electron chi connectivity index (χ0n) is 15.0. The Hall–Kier alpha value is -2.62. The van der Waals surface area contributed by atoms with Crippen LogP contribution in [0.15, 0.2) is 90.5 Å². The van der Waals surface area contributed by atoms with E-state index in [1.54, 1.807) is 26.0 Å². The molecule has 0 saturated carbocycles. The second kappa shape index (κ2) is 10.3. The summed E-state index contributed by atoms with van der Waals surface area (Å²) in [5, 5.41) is 0. The number of nitrogens with zero attached hydrogens (tertiary/aromatic N) is 1. The first-order valence-electron chi connectivity index (χ1n) is 7.59. The number of hydrogen-bond donors (Lipinski definition) is 0. The molecule has 1 aromatic carbocycles. The van der Waals surface area contributed by atoms with Crippen molar-refractivity contribution in [3.63, 3.8) is 0 Å². The van der Waals surface area contributed by atoms with E-state index in [4.69, 9.17) is 0 Å². The Morgan fingerprint density at radius 3 is 2.08 bits per heavy atom. The summed E-state index contributed by atoms with van der Waals surface area (Å²) < 4.78 is 39.1. The molecular formula is C21H24F3N. The molecule has 134 valence electrons. The fourth-order valence-electron chi connectivity index (χ4n) is 1.98. The molecule has 0 bridgehead atoms. The second-order valence-corrected chi connectivity index (χ2v) is 5.04. The van der Waals surface area contributed by atoms with E-state index in [-0.39, 0.29) is 5.69 Å². The van der Waals surface area contributed by atoms with Crippen molar-refractivity contribution in [2.75, 3.05) is 0 Å². The maximum atomic E-state index is 13.0. The smallest absolute Gasteiger partial charge is 0.253 e. The number of hydrogen-bond acceptors (Lipinski definition) is 1. The Kier molecular flexibility index (Phi) is 9.21. The zero-order valence-corrected chi connectivity index (χ0v) is 15.0. The summed E-state index contributed by atoms with van der Waals surface area (Å²) in [6.45, 7) is 18.9. The van der Waals surface area contributed by atoms with Crippen molar-refractivity contribution in [2.24, 2.45) is 4.99 Å². The normalized spacial score (nSPS) is 13.0. The predicted molar refractivity (Wildman–Crippen MR) is 102 cm³/mol. The molecule has 0 unspecified atom stereocenters. The first-order chi connectivity index (χ1) is 11.7. The van der Waals surface area contributed by atoms with E-state index in [9.17, 15) is 13.2 Å². The molecule has 0 aliphatic heterocycles. The molecule has 0 radical (unpaired) electrons.